The predicted molar refractivity (Wildman–Crippen MR) is 85.0 cm³/mol. The Morgan fingerprint density at radius 2 is 1.86 bits per heavy atom. The summed E-state index contributed by atoms with van der Waals surface area (Å²) in [5, 5.41) is 9.50. The van der Waals surface area contributed by atoms with Crippen LogP contribution in [0.2, 0.25) is 0 Å². The summed E-state index contributed by atoms with van der Waals surface area (Å²) in [5.74, 6) is -0.494. The van der Waals surface area contributed by atoms with Crippen molar-refractivity contribution < 1.29 is 17.9 Å². The standard InChI is InChI=1S/C16H18FNO3S/c1-2-18(15-7-4-8-16(19)12-15)22(20,21)10-9-13-5-3-6-14(17)11-13/h3-8,11-12,19H,2,9-10H2,1H3. The van der Waals surface area contributed by atoms with Gasteiger partial charge in [-0.25, -0.2) is 12.8 Å². The molecule has 0 atom stereocenters. The number of halogens is 1. The highest BCUT2D eigenvalue weighted by Gasteiger charge is 2.21. The maximum absolute atomic E-state index is 13.1. The molecule has 2 aromatic carbocycles. The first-order valence-electron chi connectivity index (χ1n) is 6.96. The fourth-order valence-electron chi connectivity index (χ4n) is 2.24. The van der Waals surface area contributed by atoms with E-state index in [1.807, 2.05) is 0 Å². The van der Waals surface area contributed by atoms with E-state index >= 15 is 0 Å². The van der Waals surface area contributed by atoms with Crippen LogP contribution in [0, 0.1) is 5.82 Å². The molecule has 1 N–H and O–H groups in total. The minimum absolute atomic E-state index is 0.0104. The highest BCUT2D eigenvalue weighted by atomic mass is 32.2. The number of rotatable bonds is 6. The van der Waals surface area contributed by atoms with Gasteiger partial charge in [-0.05, 0) is 43.2 Å². The van der Waals surface area contributed by atoms with Crippen LogP contribution in [0.3, 0.4) is 0 Å². The second-order valence-corrected chi connectivity index (χ2v) is 6.89. The fraction of sp³-hybridized carbons (Fsp3) is 0.250. The Hall–Kier alpha value is -2.08. The Kier molecular flexibility index (Phi) is 5.03. The molecule has 2 rings (SSSR count). The molecule has 2 aromatic rings. The zero-order chi connectivity index (χ0) is 16.2. The first-order valence-corrected chi connectivity index (χ1v) is 8.57. The van der Waals surface area contributed by atoms with Crippen LogP contribution in [0.1, 0.15) is 12.5 Å². The van der Waals surface area contributed by atoms with Gasteiger partial charge in [0.1, 0.15) is 11.6 Å². The lowest BCUT2D eigenvalue weighted by molar-refractivity contribution is 0.475. The van der Waals surface area contributed by atoms with Gasteiger partial charge in [0.05, 0.1) is 11.4 Å². The lowest BCUT2D eigenvalue weighted by atomic mass is 10.2. The number of phenolic OH excluding ortho intramolecular Hbond substituents is 1. The molecule has 6 heteroatoms. The number of nitrogens with zero attached hydrogens (tertiary/aromatic N) is 1. The van der Waals surface area contributed by atoms with Crippen LogP contribution in [-0.4, -0.2) is 25.8 Å². The zero-order valence-corrected chi connectivity index (χ0v) is 13.1. The highest BCUT2D eigenvalue weighted by molar-refractivity contribution is 7.92. The average molecular weight is 323 g/mol. The van der Waals surface area contributed by atoms with Crippen molar-refractivity contribution in [3.63, 3.8) is 0 Å². The summed E-state index contributed by atoms with van der Waals surface area (Å²) in [7, 11) is -3.55. The van der Waals surface area contributed by atoms with Crippen LogP contribution in [0.5, 0.6) is 5.75 Å². The van der Waals surface area contributed by atoms with Crippen LogP contribution in [0.15, 0.2) is 48.5 Å². The van der Waals surface area contributed by atoms with Gasteiger partial charge < -0.3 is 5.11 Å². The van der Waals surface area contributed by atoms with E-state index in [-0.39, 0.29) is 30.3 Å². The Labute approximate surface area is 129 Å². The molecular weight excluding hydrogens is 305 g/mol. The smallest absolute Gasteiger partial charge is 0.235 e. The fourth-order valence-corrected chi connectivity index (χ4v) is 3.78. The first-order chi connectivity index (χ1) is 10.4. The predicted octanol–water partition coefficient (Wildman–Crippen LogP) is 2.93. The second-order valence-electron chi connectivity index (χ2n) is 4.88. The van der Waals surface area contributed by atoms with Gasteiger partial charge in [-0.2, -0.15) is 0 Å². The van der Waals surface area contributed by atoms with Crippen molar-refractivity contribution in [2.45, 2.75) is 13.3 Å². The van der Waals surface area contributed by atoms with Crippen LogP contribution >= 0.6 is 0 Å². The van der Waals surface area contributed by atoms with E-state index in [4.69, 9.17) is 0 Å². The van der Waals surface area contributed by atoms with Crippen molar-refractivity contribution in [3.8, 4) is 5.75 Å². The molecule has 0 radical (unpaired) electrons. The van der Waals surface area contributed by atoms with Crippen LogP contribution < -0.4 is 4.31 Å². The summed E-state index contributed by atoms with van der Waals surface area (Å²) >= 11 is 0. The molecule has 0 aliphatic rings. The number of aryl methyl sites for hydroxylation is 1. The van der Waals surface area contributed by atoms with Gasteiger partial charge in [0, 0.05) is 12.6 Å². The number of phenols is 1. The molecule has 0 bridgehead atoms. The normalized spacial score (nSPS) is 11.4. The molecule has 0 amide bonds. The van der Waals surface area contributed by atoms with Crippen LogP contribution in [0.4, 0.5) is 10.1 Å². The van der Waals surface area contributed by atoms with Gasteiger partial charge in [0.25, 0.3) is 0 Å². The Balaban J connectivity index is 2.17. The van der Waals surface area contributed by atoms with Gasteiger partial charge >= 0.3 is 0 Å². The van der Waals surface area contributed by atoms with Gasteiger partial charge in [0.2, 0.25) is 10.0 Å². The van der Waals surface area contributed by atoms with E-state index in [1.54, 1.807) is 31.2 Å². The molecular formula is C16H18FNO3S. The Morgan fingerprint density at radius 1 is 1.14 bits per heavy atom. The number of benzene rings is 2. The molecule has 0 aliphatic carbocycles. The van der Waals surface area contributed by atoms with Crippen molar-refractivity contribution >= 4 is 15.7 Å². The van der Waals surface area contributed by atoms with Gasteiger partial charge in [-0.15, -0.1) is 0 Å². The van der Waals surface area contributed by atoms with Crippen molar-refractivity contribution in [1.29, 1.82) is 0 Å². The maximum atomic E-state index is 13.1. The van der Waals surface area contributed by atoms with Crippen molar-refractivity contribution in [3.05, 3.63) is 59.9 Å². The topological polar surface area (TPSA) is 57.6 Å². The molecule has 0 heterocycles. The third-order valence-electron chi connectivity index (χ3n) is 3.28. The molecule has 0 aromatic heterocycles. The van der Waals surface area contributed by atoms with E-state index in [0.29, 0.717) is 11.3 Å². The third-order valence-corrected chi connectivity index (χ3v) is 5.14. The first kappa shape index (κ1) is 16.3. The highest BCUT2D eigenvalue weighted by Crippen LogP contribution is 2.23. The van der Waals surface area contributed by atoms with E-state index in [0.717, 1.165) is 0 Å². The van der Waals surface area contributed by atoms with Gasteiger partial charge in [0.15, 0.2) is 0 Å². The molecule has 0 unspecified atom stereocenters. The minimum atomic E-state index is -3.55. The number of sulfonamides is 1. The number of aromatic hydroxyl groups is 1. The lowest BCUT2D eigenvalue weighted by Crippen LogP contribution is -2.33. The van der Waals surface area contributed by atoms with Crippen molar-refractivity contribution in [2.24, 2.45) is 0 Å². The minimum Gasteiger partial charge on any atom is -0.508 e. The Bertz CT molecular complexity index is 747. The van der Waals surface area contributed by atoms with E-state index in [9.17, 15) is 17.9 Å². The molecule has 4 nitrogen and oxygen atoms in total. The summed E-state index contributed by atoms with van der Waals surface area (Å²) in [4.78, 5) is 0. The van der Waals surface area contributed by atoms with Gasteiger partial charge in [-0.1, -0.05) is 18.2 Å². The maximum Gasteiger partial charge on any atom is 0.235 e. The SMILES string of the molecule is CCN(c1cccc(O)c1)S(=O)(=O)CCc1cccc(F)c1. The third kappa shape index (κ3) is 3.98. The summed E-state index contributed by atoms with van der Waals surface area (Å²) in [6, 6.07) is 12.0. The number of hydrogen-bond donors (Lipinski definition) is 1. The number of anilines is 1. The quantitative estimate of drug-likeness (QED) is 0.889. The summed E-state index contributed by atoms with van der Waals surface area (Å²) in [6.45, 7) is 1.98. The van der Waals surface area contributed by atoms with Crippen LogP contribution in [0.25, 0.3) is 0 Å². The average Bonchev–Trinajstić information content (AvgIpc) is 2.46. The molecule has 0 spiro atoms. The molecule has 0 saturated heterocycles. The molecule has 22 heavy (non-hydrogen) atoms. The largest absolute Gasteiger partial charge is 0.508 e. The molecule has 0 saturated carbocycles. The summed E-state index contributed by atoms with van der Waals surface area (Å²) < 4.78 is 39.3. The monoisotopic (exact) mass is 323 g/mol. The molecule has 0 aliphatic heterocycles. The van der Waals surface area contributed by atoms with E-state index < -0.39 is 10.0 Å². The van der Waals surface area contributed by atoms with Crippen LogP contribution in [-0.2, 0) is 16.4 Å². The van der Waals surface area contributed by atoms with E-state index in [2.05, 4.69) is 0 Å². The summed E-state index contributed by atoms with van der Waals surface area (Å²) in [5.41, 5.74) is 1.05. The van der Waals surface area contributed by atoms with Crippen molar-refractivity contribution in [1.82, 2.24) is 0 Å². The second kappa shape index (κ2) is 6.79. The van der Waals surface area contributed by atoms with Crippen molar-refractivity contribution in [2.75, 3.05) is 16.6 Å². The Morgan fingerprint density at radius 3 is 2.50 bits per heavy atom. The summed E-state index contributed by atoms with van der Waals surface area (Å²) in [6.07, 6.45) is 0.232. The number of hydrogen-bond acceptors (Lipinski definition) is 3. The lowest BCUT2D eigenvalue weighted by Gasteiger charge is -2.23. The van der Waals surface area contributed by atoms with E-state index in [1.165, 1.54) is 28.6 Å². The zero-order valence-electron chi connectivity index (χ0n) is 12.2. The van der Waals surface area contributed by atoms with Gasteiger partial charge in [-0.3, -0.25) is 4.31 Å². The molecule has 0 fully saturated rings. The molecule has 118 valence electrons.